The molecular formula is C22H24BrN3O2. The van der Waals surface area contributed by atoms with Crippen LogP contribution in [0.5, 0.6) is 0 Å². The van der Waals surface area contributed by atoms with Crippen LogP contribution in [0.1, 0.15) is 37.4 Å². The standard InChI is InChI=1S/C22H24BrN3O2/c1-3-28-21(27)10-9-16-11-17-20(12-18(16)23)25-13-19(24)22(17)26-14(2)15-7-5-4-6-8-15/h4-8,11-14H,3,9-10,24H2,1-2H3,(H,25,26)/t14-/m1/s1. The molecule has 3 aromatic rings. The summed E-state index contributed by atoms with van der Waals surface area (Å²) >= 11 is 3.59. The first-order chi connectivity index (χ1) is 13.5. The lowest BCUT2D eigenvalue weighted by Gasteiger charge is -2.19. The Labute approximate surface area is 173 Å². The number of carbonyl (C=O) groups excluding carboxylic acids is 1. The van der Waals surface area contributed by atoms with E-state index in [1.54, 1.807) is 6.20 Å². The molecule has 0 aliphatic rings. The van der Waals surface area contributed by atoms with Crippen molar-refractivity contribution in [1.29, 1.82) is 0 Å². The van der Waals surface area contributed by atoms with Crippen LogP contribution in [0.4, 0.5) is 11.4 Å². The first-order valence-electron chi connectivity index (χ1n) is 9.33. The molecule has 0 saturated carbocycles. The lowest BCUT2D eigenvalue weighted by Crippen LogP contribution is -2.09. The summed E-state index contributed by atoms with van der Waals surface area (Å²) in [6, 6.07) is 14.3. The van der Waals surface area contributed by atoms with Gasteiger partial charge in [-0.3, -0.25) is 9.78 Å². The molecule has 28 heavy (non-hydrogen) atoms. The van der Waals surface area contributed by atoms with E-state index in [0.29, 0.717) is 25.1 Å². The first kappa shape index (κ1) is 20.1. The maximum atomic E-state index is 11.7. The van der Waals surface area contributed by atoms with E-state index in [1.807, 2.05) is 37.3 Å². The molecule has 3 N–H and O–H groups in total. The number of hydrogen-bond acceptors (Lipinski definition) is 5. The molecule has 2 aromatic carbocycles. The third-order valence-corrected chi connectivity index (χ3v) is 5.37. The van der Waals surface area contributed by atoms with Crippen LogP contribution in [-0.2, 0) is 16.0 Å². The molecule has 0 amide bonds. The van der Waals surface area contributed by atoms with E-state index in [1.165, 1.54) is 5.56 Å². The Morgan fingerprint density at radius 3 is 2.75 bits per heavy atom. The summed E-state index contributed by atoms with van der Waals surface area (Å²) in [5, 5.41) is 4.46. The number of halogens is 1. The molecule has 146 valence electrons. The number of nitrogens with two attached hydrogens (primary N) is 1. The molecule has 0 saturated heterocycles. The van der Waals surface area contributed by atoms with Crippen molar-refractivity contribution < 1.29 is 9.53 Å². The molecule has 1 aromatic heterocycles. The molecule has 0 bridgehead atoms. The average Bonchev–Trinajstić information content (AvgIpc) is 2.69. The highest BCUT2D eigenvalue weighted by Crippen LogP contribution is 2.34. The number of aromatic nitrogens is 1. The number of fused-ring (bicyclic) bond motifs is 1. The number of nitrogens with one attached hydrogen (secondary N) is 1. The zero-order valence-corrected chi connectivity index (χ0v) is 17.6. The Balaban J connectivity index is 1.94. The van der Waals surface area contributed by atoms with Crippen molar-refractivity contribution in [3.8, 4) is 0 Å². The number of nitrogen functional groups attached to an aromatic ring is 1. The lowest BCUT2D eigenvalue weighted by molar-refractivity contribution is -0.143. The number of hydrogen-bond donors (Lipinski definition) is 2. The fourth-order valence-corrected chi connectivity index (χ4v) is 3.67. The van der Waals surface area contributed by atoms with Crippen molar-refractivity contribution in [2.75, 3.05) is 17.7 Å². The largest absolute Gasteiger partial charge is 0.466 e. The molecule has 0 aliphatic heterocycles. The summed E-state index contributed by atoms with van der Waals surface area (Å²) in [5.74, 6) is -0.198. The molecule has 1 atom stereocenters. The van der Waals surface area contributed by atoms with Crippen molar-refractivity contribution >= 4 is 44.2 Å². The highest BCUT2D eigenvalue weighted by atomic mass is 79.9. The number of ether oxygens (including phenoxy) is 1. The number of benzene rings is 2. The highest BCUT2D eigenvalue weighted by Gasteiger charge is 2.14. The second kappa shape index (κ2) is 9.06. The summed E-state index contributed by atoms with van der Waals surface area (Å²) < 4.78 is 5.96. The van der Waals surface area contributed by atoms with Crippen LogP contribution >= 0.6 is 15.9 Å². The topological polar surface area (TPSA) is 77.2 Å². The Kier molecular flexibility index (Phi) is 6.52. The summed E-state index contributed by atoms with van der Waals surface area (Å²) in [5.41, 5.74) is 10.7. The van der Waals surface area contributed by atoms with Crippen LogP contribution in [0.2, 0.25) is 0 Å². The first-order valence-corrected chi connectivity index (χ1v) is 10.1. The predicted molar refractivity (Wildman–Crippen MR) is 117 cm³/mol. The lowest BCUT2D eigenvalue weighted by atomic mass is 10.0. The molecule has 0 radical (unpaired) electrons. The zero-order chi connectivity index (χ0) is 20.1. The fraction of sp³-hybridized carbons (Fsp3) is 0.273. The molecule has 1 heterocycles. The van der Waals surface area contributed by atoms with E-state index in [-0.39, 0.29) is 12.0 Å². The van der Waals surface area contributed by atoms with Gasteiger partial charge in [-0.2, -0.15) is 0 Å². The van der Waals surface area contributed by atoms with Gasteiger partial charge in [0.25, 0.3) is 0 Å². The number of aryl methyl sites for hydroxylation is 1. The molecule has 5 nitrogen and oxygen atoms in total. The fourth-order valence-electron chi connectivity index (χ4n) is 3.14. The molecule has 3 rings (SSSR count). The SMILES string of the molecule is CCOC(=O)CCc1cc2c(N[C@H](C)c3ccccc3)c(N)cnc2cc1Br. The van der Waals surface area contributed by atoms with Crippen molar-refractivity contribution in [1.82, 2.24) is 4.98 Å². The summed E-state index contributed by atoms with van der Waals surface area (Å²) in [4.78, 5) is 16.2. The minimum Gasteiger partial charge on any atom is -0.466 e. The van der Waals surface area contributed by atoms with Gasteiger partial charge in [-0.15, -0.1) is 0 Å². The second-order valence-electron chi connectivity index (χ2n) is 6.63. The van der Waals surface area contributed by atoms with Crippen LogP contribution in [0.25, 0.3) is 10.9 Å². The molecule has 0 fully saturated rings. The van der Waals surface area contributed by atoms with E-state index in [0.717, 1.165) is 26.6 Å². The van der Waals surface area contributed by atoms with Crippen LogP contribution in [-0.4, -0.2) is 17.6 Å². The van der Waals surface area contributed by atoms with E-state index < -0.39 is 0 Å². The normalized spacial score (nSPS) is 12.0. The van der Waals surface area contributed by atoms with E-state index in [2.05, 4.69) is 45.3 Å². The number of esters is 1. The average molecular weight is 442 g/mol. The van der Waals surface area contributed by atoms with Gasteiger partial charge >= 0.3 is 5.97 Å². The van der Waals surface area contributed by atoms with Gasteiger partial charge in [0.2, 0.25) is 0 Å². The van der Waals surface area contributed by atoms with Gasteiger partial charge in [-0.05, 0) is 43.5 Å². The van der Waals surface area contributed by atoms with Gasteiger partial charge in [-0.1, -0.05) is 46.3 Å². The van der Waals surface area contributed by atoms with Gasteiger partial charge in [0.05, 0.1) is 29.7 Å². The van der Waals surface area contributed by atoms with Gasteiger partial charge in [0.15, 0.2) is 0 Å². The Morgan fingerprint density at radius 2 is 2.04 bits per heavy atom. The van der Waals surface area contributed by atoms with Crippen molar-refractivity contribution in [3.63, 3.8) is 0 Å². The van der Waals surface area contributed by atoms with Crippen molar-refractivity contribution in [3.05, 3.63) is 64.3 Å². The Hall–Kier alpha value is -2.60. The van der Waals surface area contributed by atoms with Crippen LogP contribution in [0.15, 0.2) is 53.1 Å². The van der Waals surface area contributed by atoms with Gasteiger partial charge in [-0.25, -0.2) is 0 Å². The smallest absolute Gasteiger partial charge is 0.306 e. The minimum atomic E-state index is -0.198. The van der Waals surface area contributed by atoms with Gasteiger partial charge < -0.3 is 15.8 Å². The van der Waals surface area contributed by atoms with Gasteiger partial charge in [0, 0.05) is 22.3 Å². The number of nitrogens with zero attached hydrogens (tertiary/aromatic N) is 1. The second-order valence-corrected chi connectivity index (χ2v) is 7.49. The van der Waals surface area contributed by atoms with Crippen LogP contribution < -0.4 is 11.1 Å². The highest BCUT2D eigenvalue weighted by molar-refractivity contribution is 9.10. The van der Waals surface area contributed by atoms with E-state index in [4.69, 9.17) is 10.5 Å². The quantitative estimate of drug-likeness (QED) is 0.489. The molecular weight excluding hydrogens is 418 g/mol. The number of carbonyl (C=O) groups is 1. The van der Waals surface area contributed by atoms with Crippen LogP contribution in [0.3, 0.4) is 0 Å². The van der Waals surface area contributed by atoms with Gasteiger partial charge in [0.1, 0.15) is 0 Å². The van der Waals surface area contributed by atoms with E-state index in [9.17, 15) is 4.79 Å². The maximum absolute atomic E-state index is 11.7. The number of pyridine rings is 1. The number of anilines is 2. The molecule has 6 heteroatoms. The minimum absolute atomic E-state index is 0.0840. The summed E-state index contributed by atoms with van der Waals surface area (Å²) in [6.45, 7) is 4.30. The zero-order valence-electron chi connectivity index (χ0n) is 16.0. The van der Waals surface area contributed by atoms with Crippen LogP contribution in [0, 0.1) is 0 Å². The number of rotatable bonds is 7. The third kappa shape index (κ3) is 4.62. The van der Waals surface area contributed by atoms with E-state index >= 15 is 0 Å². The summed E-state index contributed by atoms with van der Waals surface area (Å²) in [6.07, 6.45) is 2.59. The molecule has 0 unspecified atom stereocenters. The monoisotopic (exact) mass is 441 g/mol. The molecule has 0 aliphatic carbocycles. The third-order valence-electron chi connectivity index (χ3n) is 4.63. The predicted octanol–water partition coefficient (Wildman–Crippen LogP) is 5.25. The molecule has 0 spiro atoms. The Morgan fingerprint density at radius 1 is 1.29 bits per heavy atom. The van der Waals surface area contributed by atoms with Crippen molar-refractivity contribution in [2.45, 2.75) is 32.7 Å². The summed E-state index contributed by atoms with van der Waals surface area (Å²) in [7, 11) is 0. The van der Waals surface area contributed by atoms with Crippen molar-refractivity contribution in [2.24, 2.45) is 0 Å². The Bertz CT molecular complexity index is 976. The maximum Gasteiger partial charge on any atom is 0.306 e.